The van der Waals surface area contributed by atoms with Gasteiger partial charge in [-0.15, -0.1) is 0 Å². The van der Waals surface area contributed by atoms with Crippen molar-refractivity contribution in [1.29, 1.82) is 0 Å². The summed E-state index contributed by atoms with van der Waals surface area (Å²) in [6.07, 6.45) is 3.73. The Morgan fingerprint density at radius 3 is 2.81 bits per heavy atom. The molecule has 0 saturated heterocycles. The topological polar surface area (TPSA) is 64.3 Å². The first-order chi connectivity index (χ1) is 10.0. The Balaban J connectivity index is 2.09. The molecule has 3 N–H and O–H groups in total. The SMILES string of the molecule is CCOC(=O)c1ccc(NC2CCCC(C)C2C)c(N)c1. The predicted molar refractivity (Wildman–Crippen MR) is 86.4 cm³/mol. The molecular formula is C17H26N2O2. The number of rotatable bonds is 4. The summed E-state index contributed by atoms with van der Waals surface area (Å²) in [5, 5.41) is 3.55. The van der Waals surface area contributed by atoms with Crippen molar-refractivity contribution in [3.05, 3.63) is 23.8 Å². The van der Waals surface area contributed by atoms with E-state index < -0.39 is 0 Å². The molecule has 1 aromatic carbocycles. The molecule has 3 atom stereocenters. The molecule has 2 rings (SSSR count). The van der Waals surface area contributed by atoms with Gasteiger partial charge in [0.1, 0.15) is 0 Å². The second kappa shape index (κ2) is 6.83. The van der Waals surface area contributed by atoms with Crippen molar-refractivity contribution in [3.8, 4) is 0 Å². The van der Waals surface area contributed by atoms with Crippen LogP contribution in [0.5, 0.6) is 0 Å². The van der Waals surface area contributed by atoms with E-state index in [1.807, 2.05) is 6.07 Å². The van der Waals surface area contributed by atoms with Crippen molar-refractivity contribution in [2.24, 2.45) is 11.8 Å². The van der Waals surface area contributed by atoms with Gasteiger partial charge < -0.3 is 15.8 Å². The number of nitrogens with one attached hydrogen (secondary N) is 1. The van der Waals surface area contributed by atoms with Gasteiger partial charge in [-0.2, -0.15) is 0 Å². The van der Waals surface area contributed by atoms with Crippen molar-refractivity contribution in [2.45, 2.75) is 46.1 Å². The Bertz CT molecular complexity index is 502. The number of hydrogen-bond acceptors (Lipinski definition) is 4. The zero-order chi connectivity index (χ0) is 15.4. The first-order valence-electron chi connectivity index (χ1n) is 7.86. The Morgan fingerprint density at radius 1 is 1.38 bits per heavy atom. The molecule has 1 aliphatic rings. The molecule has 0 aromatic heterocycles. The molecule has 1 aliphatic carbocycles. The summed E-state index contributed by atoms with van der Waals surface area (Å²) in [5.41, 5.74) is 8.10. The largest absolute Gasteiger partial charge is 0.462 e. The fourth-order valence-electron chi connectivity index (χ4n) is 3.02. The number of anilines is 2. The minimum absolute atomic E-state index is 0.324. The Morgan fingerprint density at radius 2 is 2.14 bits per heavy atom. The third-order valence-electron chi connectivity index (χ3n) is 4.61. The fourth-order valence-corrected chi connectivity index (χ4v) is 3.02. The summed E-state index contributed by atoms with van der Waals surface area (Å²) < 4.78 is 4.99. The average molecular weight is 290 g/mol. The zero-order valence-electron chi connectivity index (χ0n) is 13.2. The summed E-state index contributed by atoms with van der Waals surface area (Å²) in [7, 11) is 0. The van der Waals surface area contributed by atoms with E-state index in [0.29, 0.717) is 29.8 Å². The van der Waals surface area contributed by atoms with Crippen molar-refractivity contribution < 1.29 is 9.53 Å². The van der Waals surface area contributed by atoms with Gasteiger partial charge in [-0.3, -0.25) is 0 Å². The van der Waals surface area contributed by atoms with Gasteiger partial charge in [-0.1, -0.05) is 26.7 Å². The fraction of sp³-hybridized carbons (Fsp3) is 0.588. The number of esters is 1. The highest BCUT2D eigenvalue weighted by Crippen LogP contribution is 2.33. The third-order valence-corrected chi connectivity index (χ3v) is 4.61. The van der Waals surface area contributed by atoms with E-state index in [9.17, 15) is 4.79 Å². The van der Waals surface area contributed by atoms with Crippen molar-refractivity contribution in [3.63, 3.8) is 0 Å². The molecule has 1 aromatic rings. The molecule has 0 amide bonds. The maximum absolute atomic E-state index is 11.7. The minimum atomic E-state index is -0.324. The zero-order valence-corrected chi connectivity index (χ0v) is 13.2. The summed E-state index contributed by atoms with van der Waals surface area (Å²) in [6, 6.07) is 5.79. The second-order valence-electron chi connectivity index (χ2n) is 6.04. The van der Waals surface area contributed by atoms with Gasteiger partial charge >= 0.3 is 5.97 Å². The molecule has 1 saturated carbocycles. The van der Waals surface area contributed by atoms with Gasteiger partial charge in [0.25, 0.3) is 0 Å². The van der Waals surface area contributed by atoms with Crippen LogP contribution < -0.4 is 11.1 Å². The molecule has 3 unspecified atom stereocenters. The molecule has 0 spiro atoms. The predicted octanol–water partition coefficient (Wildman–Crippen LogP) is 3.68. The number of carbonyl (C=O) groups excluding carboxylic acids is 1. The molecular weight excluding hydrogens is 264 g/mol. The molecule has 0 aliphatic heterocycles. The standard InChI is InChI=1S/C17H26N2O2/c1-4-21-17(20)13-8-9-16(14(18)10-13)19-15-7-5-6-11(2)12(15)3/h8-12,15,19H,4-7,18H2,1-3H3. The van der Waals surface area contributed by atoms with Crippen LogP contribution in [0, 0.1) is 11.8 Å². The highest BCUT2D eigenvalue weighted by atomic mass is 16.5. The number of nitrogen functional groups attached to an aromatic ring is 1. The lowest BCUT2D eigenvalue weighted by molar-refractivity contribution is 0.0526. The number of hydrogen-bond donors (Lipinski definition) is 2. The lowest BCUT2D eigenvalue weighted by atomic mass is 9.78. The van der Waals surface area contributed by atoms with E-state index in [2.05, 4.69) is 19.2 Å². The van der Waals surface area contributed by atoms with E-state index in [4.69, 9.17) is 10.5 Å². The molecule has 21 heavy (non-hydrogen) atoms. The Labute approximate surface area is 127 Å². The van der Waals surface area contributed by atoms with Crippen LogP contribution >= 0.6 is 0 Å². The van der Waals surface area contributed by atoms with Crippen LogP contribution in [0.25, 0.3) is 0 Å². The summed E-state index contributed by atoms with van der Waals surface area (Å²) in [6.45, 7) is 6.77. The van der Waals surface area contributed by atoms with Crippen molar-refractivity contribution in [1.82, 2.24) is 0 Å². The smallest absolute Gasteiger partial charge is 0.338 e. The van der Waals surface area contributed by atoms with Gasteiger partial charge in [0.15, 0.2) is 0 Å². The summed E-state index contributed by atoms with van der Waals surface area (Å²) in [5.74, 6) is 1.04. The summed E-state index contributed by atoms with van der Waals surface area (Å²) in [4.78, 5) is 11.7. The van der Waals surface area contributed by atoms with E-state index in [1.165, 1.54) is 19.3 Å². The quantitative estimate of drug-likeness (QED) is 0.656. The van der Waals surface area contributed by atoms with Gasteiger partial charge in [0.2, 0.25) is 0 Å². The van der Waals surface area contributed by atoms with Gasteiger partial charge in [0, 0.05) is 6.04 Å². The van der Waals surface area contributed by atoms with Crippen LogP contribution in [0.3, 0.4) is 0 Å². The molecule has 0 bridgehead atoms. The van der Waals surface area contributed by atoms with E-state index in [0.717, 1.165) is 11.6 Å². The summed E-state index contributed by atoms with van der Waals surface area (Å²) >= 11 is 0. The van der Waals surface area contributed by atoms with Crippen LogP contribution in [0.2, 0.25) is 0 Å². The van der Waals surface area contributed by atoms with Crippen LogP contribution in [-0.4, -0.2) is 18.6 Å². The average Bonchev–Trinajstić information content (AvgIpc) is 2.46. The maximum atomic E-state index is 11.7. The second-order valence-corrected chi connectivity index (χ2v) is 6.04. The minimum Gasteiger partial charge on any atom is -0.462 e. The Kier molecular flexibility index (Phi) is 5.10. The Hall–Kier alpha value is -1.71. The van der Waals surface area contributed by atoms with E-state index in [-0.39, 0.29) is 5.97 Å². The molecule has 0 heterocycles. The number of carbonyl (C=O) groups is 1. The molecule has 0 radical (unpaired) electrons. The van der Waals surface area contributed by atoms with Crippen LogP contribution in [-0.2, 0) is 4.74 Å². The number of nitrogens with two attached hydrogens (primary N) is 1. The molecule has 116 valence electrons. The lowest BCUT2D eigenvalue weighted by Gasteiger charge is -2.35. The van der Waals surface area contributed by atoms with Crippen LogP contribution in [0.1, 0.15) is 50.4 Å². The van der Waals surface area contributed by atoms with Gasteiger partial charge in [-0.25, -0.2) is 4.79 Å². The normalized spacial score (nSPS) is 25.4. The van der Waals surface area contributed by atoms with Crippen molar-refractivity contribution in [2.75, 3.05) is 17.7 Å². The third kappa shape index (κ3) is 3.69. The van der Waals surface area contributed by atoms with Crippen molar-refractivity contribution >= 4 is 17.3 Å². The van der Waals surface area contributed by atoms with Crippen LogP contribution in [0.15, 0.2) is 18.2 Å². The van der Waals surface area contributed by atoms with Crippen LogP contribution in [0.4, 0.5) is 11.4 Å². The highest BCUT2D eigenvalue weighted by Gasteiger charge is 2.27. The van der Waals surface area contributed by atoms with Gasteiger partial charge in [0.05, 0.1) is 23.5 Å². The lowest BCUT2D eigenvalue weighted by Crippen LogP contribution is -2.35. The van der Waals surface area contributed by atoms with Gasteiger partial charge in [-0.05, 0) is 43.4 Å². The molecule has 4 nitrogen and oxygen atoms in total. The highest BCUT2D eigenvalue weighted by molar-refractivity contribution is 5.91. The maximum Gasteiger partial charge on any atom is 0.338 e. The number of ether oxygens (including phenoxy) is 1. The van der Waals surface area contributed by atoms with E-state index >= 15 is 0 Å². The number of benzene rings is 1. The molecule has 1 fully saturated rings. The first kappa shape index (κ1) is 15.7. The monoisotopic (exact) mass is 290 g/mol. The molecule has 4 heteroatoms. The van der Waals surface area contributed by atoms with E-state index in [1.54, 1.807) is 19.1 Å². The first-order valence-corrected chi connectivity index (χ1v) is 7.86.